The van der Waals surface area contributed by atoms with Crippen molar-refractivity contribution >= 4 is 0 Å². The van der Waals surface area contributed by atoms with E-state index in [0.717, 1.165) is 22.3 Å². The highest BCUT2D eigenvalue weighted by atomic mass is 16.5. The lowest BCUT2D eigenvalue weighted by molar-refractivity contribution is 0.133. The van der Waals surface area contributed by atoms with Gasteiger partial charge < -0.3 is 14.9 Å². The average molecular weight is 180 g/mol. The summed E-state index contributed by atoms with van der Waals surface area (Å²) in [5, 5.41) is 18.1. The molecule has 0 aromatic heterocycles. The van der Waals surface area contributed by atoms with E-state index in [9.17, 15) is 0 Å². The zero-order valence-electron chi connectivity index (χ0n) is 7.29. The average Bonchev–Trinajstić information content (AvgIpc) is 2.63. The van der Waals surface area contributed by atoms with Crippen molar-refractivity contribution in [3.05, 3.63) is 34.4 Å². The molecule has 1 heterocycles. The van der Waals surface area contributed by atoms with Crippen LogP contribution in [0.25, 0.3) is 0 Å². The second-order valence-corrected chi connectivity index (χ2v) is 3.20. The van der Waals surface area contributed by atoms with Crippen LogP contribution in [0.4, 0.5) is 0 Å². The van der Waals surface area contributed by atoms with E-state index < -0.39 is 0 Å². The van der Waals surface area contributed by atoms with Crippen molar-refractivity contribution in [3.63, 3.8) is 0 Å². The highest BCUT2D eigenvalue weighted by Crippen LogP contribution is 2.25. The second-order valence-electron chi connectivity index (χ2n) is 3.20. The molecule has 0 bridgehead atoms. The van der Waals surface area contributed by atoms with Gasteiger partial charge in [-0.1, -0.05) is 12.1 Å². The second kappa shape index (κ2) is 3.46. The molecule has 3 heteroatoms. The van der Waals surface area contributed by atoms with Crippen molar-refractivity contribution in [2.45, 2.75) is 26.4 Å². The van der Waals surface area contributed by atoms with Gasteiger partial charge in [0.15, 0.2) is 0 Å². The van der Waals surface area contributed by atoms with Gasteiger partial charge in [-0.15, -0.1) is 0 Å². The van der Waals surface area contributed by atoms with Gasteiger partial charge in [0.1, 0.15) is 0 Å². The van der Waals surface area contributed by atoms with Gasteiger partial charge in [-0.25, -0.2) is 0 Å². The first-order valence-corrected chi connectivity index (χ1v) is 4.28. The van der Waals surface area contributed by atoms with E-state index in [-0.39, 0.29) is 13.2 Å². The Labute approximate surface area is 76.6 Å². The van der Waals surface area contributed by atoms with Gasteiger partial charge in [0.2, 0.25) is 0 Å². The van der Waals surface area contributed by atoms with Gasteiger partial charge >= 0.3 is 0 Å². The van der Waals surface area contributed by atoms with Gasteiger partial charge in [-0.3, -0.25) is 0 Å². The van der Waals surface area contributed by atoms with Gasteiger partial charge in [0.25, 0.3) is 0 Å². The number of rotatable bonds is 2. The number of ether oxygens (including phenoxy) is 1. The van der Waals surface area contributed by atoms with Crippen LogP contribution in [-0.4, -0.2) is 10.2 Å². The molecule has 0 unspecified atom stereocenters. The monoisotopic (exact) mass is 180 g/mol. The van der Waals surface area contributed by atoms with Gasteiger partial charge in [-0.05, 0) is 22.3 Å². The molecule has 2 N–H and O–H groups in total. The molecule has 1 aliphatic rings. The van der Waals surface area contributed by atoms with Crippen LogP contribution in [0.5, 0.6) is 0 Å². The van der Waals surface area contributed by atoms with Crippen LogP contribution >= 0.6 is 0 Å². The van der Waals surface area contributed by atoms with Crippen LogP contribution < -0.4 is 0 Å². The molecule has 0 aliphatic carbocycles. The summed E-state index contributed by atoms with van der Waals surface area (Å²) in [6, 6.07) is 3.76. The first kappa shape index (κ1) is 8.69. The Morgan fingerprint density at radius 3 is 2.69 bits per heavy atom. The fraction of sp³-hybridized carbons (Fsp3) is 0.400. The van der Waals surface area contributed by atoms with Crippen LogP contribution in [-0.2, 0) is 31.2 Å². The van der Waals surface area contributed by atoms with E-state index in [1.165, 1.54) is 0 Å². The molecule has 70 valence electrons. The van der Waals surface area contributed by atoms with Crippen molar-refractivity contribution < 1.29 is 14.9 Å². The van der Waals surface area contributed by atoms with E-state index in [2.05, 4.69) is 0 Å². The predicted octanol–water partition coefficient (Wildman–Crippen LogP) is 0.701. The maximum atomic E-state index is 9.08. The summed E-state index contributed by atoms with van der Waals surface area (Å²) in [7, 11) is 0. The molecule has 1 aromatic carbocycles. The minimum Gasteiger partial charge on any atom is -0.392 e. The summed E-state index contributed by atoms with van der Waals surface area (Å²) in [5.74, 6) is 0. The van der Waals surface area contributed by atoms with Gasteiger partial charge in [0.05, 0.1) is 26.4 Å². The van der Waals surface area contributed by atoms with Crippen molar-refractivity contribution in [1.82, 2.24) is 0 Å². The van der Waals surface area contributed by atoms with Crippen LogP contribution in [0.2, 0.25) is 0 Å². The maximum Gasteiger partial charge on any atom is 0.0728 e. The SMILES string of the molecule is OCc1cc(CO)c2c(c1)COC2. The Kier molecular flexibility index (Phi) is 2.31. The van der Waals surface area contributed by atoms with Crippen LogP contribution in [0.1, 0.15) is 22.3 Å². The summed E-state index contributed by atoms with van der Waals surface area (Å²) in [6.45, 7) is 1.20. The lowest BCUT2D eigenvalue weighted by Crippen LogP contribution is -1.96. The number of hydrogen-bond acceptors (Lipinski definition) is 3. The molecule has 0 spiro atoms. The summed E-state index contributed by atoms with van der Waals surface area (Å²) in [4.78, 5) is 0. The molecule has 0 radical (unpaired) electrons. The Balaban J connectivity index is 2.49. The first-order chi connectivity index (χ1) is 6.35. The van der Waals surface area contributed by atoms with E-state index >= 15 is 0 Å². The van der Waals surface area contributed by atoms with E-state index in [0.29, 0.717) is 13.2 Å². The van der Waals surface area contributed by atoms with E-state index in [4.69, 9.17) is 14.9 Å². The third-order valence-electron chi connectivity index (χ3n) is 2.35. The molecule has 0 saturated heterocycles. The third kappa shape index (κ3) is 1.46. The van der Waals surface area contributed by atoms with Crippen LogP contribution in [0.3, 0.4) is 0 Å². The summed E-state index contributed by atoms with van der Waals surface area (Å²) >= 11 is 0. The molecular formula is C10H12O3. The molecule has 1 aliphatic heterocycles. The smallest absolute Gasteiger partial charge is 0.0728 e. The van der Waals surface area contributed by atoms with Crippen LogP contribution in [0.15, 0.2) is 12.1 Å². The standard InChI is InChI=1S/C10H12O3/c11-3-7-1-8(4-12)10-6-13-5-9(10)2-7/h1-2,11-12H,3-6H2. The van der Waals surface area contributed by atoms with Crippen LogP contribution in [0, 0.1) is 0 Å². The van der Waals surface area contributed by atoms with Gasteiger partial charge in [0, 0.05) is 0 Å². The number of aliphatic hydroxyl groups excluding tert-OH is 2. The maximum absolute atomic E-state index is 9.08. The largest absolute Gasteiger partial charge is 0.392 e. The molecular weight excluding hydrogens is 168 g/mol. The fourth-order valence-corrected chi connectivity index (χ4v) is 1.68. The Hall–Kier alpha value is -0.900. The molecule has 13 heavy (non-hydrogen) atoms. The first-order valence-electron chi connectivity index (χ1n) is 4.28. The lowest BCUT2D eigenvalue weighted by Gasteiger charge is -2.06. The Morgan fingerprint density at radius 1 is 1.15 bits per heavy atom. The fourth-order valence-electron chi connectivity index (χ4n) is 1.68. The number of aliphatic hydroxyl groups is 2. The minimum atomic E-state index is 0.0134. The molecule has 1 aromatic rings. The third-order valence-corrected chi connectivity index (χ3v) is 2.35. The lowest BCUT2D eigenvalue weighted by atomic mass is 10.0. The molecule has 0 amide bonds. The quantitative estimate of drug-likeness (QED) is 0.704. The van der Waals surface area contributed by atoms with E-state index in [1.54, 1.807) is 0 Å². The number of benzene rings is 1. The molecule has 0 atom stereocenters. The zero-order valence-corrected chi connectivity index (χ0v) is 7.29. The van der Waals surface area contributed by atoms with Crippen molar-refractivity contribution in [1.29, 1.82) is 0 Å². The molecule has 0 fully saturated rings. The predicted molar refractivity (Wildman–Crippen MR) is 46.8 cm³/mol. The van der Waals surface area contributed by atoms with Gasteiger partial charge in [-0.2, -0.15) is 0 Å². The molecule has 3 nitrogen and oxygen atoms in total. The zero-order chi connectivity index (χ0) is 9.26. The summed E-state index contributed by atoms with van der Waals surface area (Å²) < 4.78 is 5.26. The highest BCUT2D eigenvalue weighted by Gasteiger charge is 2.15. The van der Waals surface area contributed by atoms with Crippen molar-refractivity contribution in [3.8, 4) is 0 Å². The van der Waals surface area contributed by atoms with Crippen molar-refractivity contribution in [2.24, 2.45) is 0 Å². The minimum absolute atomic E-state index is 0.0134. The number of fused-ring (bicyclic) bond motifs is 1. The Bertz CT molecular complexity index is 320. The summed E-state index contributed by atoms with van der Waals surface area (Å²) in [6.07, 6.45) is 0. The summed E-state index contributed by atoms with van der Waals surface area (Å²) in [5.41, 5.74) is 3.89. The normalized spacial score (nSPS) is 14.6. The van der Waals surface area contributed by atoms with E-state index in [1.807, 2.05) is 12.1 Å². The molecule has 2 rings (SSSR count). The van der Waals surface area contributed by atoms with Crippen molar-refractivity contribution in [2.75, 3.05) is 0 Å². The number of hydrogen-bond donors (Lipinski definition) is 2. The highest BCUT2D eigenvalue weighted by molar-refractivity contribution is 5.39. The molecule has 0 saturated carbocycles. The topological polar surface area (TPSA) is 49.7 Å². The Morgan fingerprint density at radius 2 is 2.00 bits per heavy atom.